The first-order valence-corrected chi connectivity index (χ1v) is 12.8. The topological polar surface area (TPSA) is 111 Å². The van der Waals surface area contributed by atoms with Crippen molar-refractivity contribution in [3.63, 3.8) is 0 Å². The average molecular weight is 485 g/mol. The van der Waals surface area contributed by atoms with Gasteiger partial charge in [0.05, 0.1) is 15.8 Å². The first kappa shape index (κ1) is 23.1. The first-order valence-electron chi connectivity index (χ1n) is 12.0. The van der Waals surface area contributed by atoms with E-state index in [4.69, 9.17) is 14.7 Å². The molecular formula is C24H32N6O3S. The Bertz CT molecular complexity index is 1120. The van der Waals surface area contributed by atoms with Crippen LogP contribution in [0.5, 0.6) is 0 Å². The number of thiazole rings is 1. The summed E-state index contributed by atoms with van der Waals surface area (Å²) in [5.74, 6) is 2.10. The molecule has 0 aliphatic carbocycles. The van der Waals surface area contributed by atoms with Gasteiger partial charge in [0.1, 0.15) is 16.7 Å². The number of aromatic nitrogens is 1. The molecule has 182 valence electrons. The number of piperidine rings is 2. The summed E-state index contributed by atoms with van der Waals surface area (Å²) >= 11 is 1.64. The number of carbonyl (C=O) groups is 1. The summed E-state index contributed by atoms with van der Waals surface area (Å²) in [7, 11) is 1.68. The maximum absolute atomic E-state index is 11.6. The molecule has 0 radical (unpaired) electrons. The lowest BCUT2D eigenvalue weighted by Gasteiger charge is -2.36. The maximum atomic E-state index is 11.6. The summed E-state index contributed by atoms with van der Waals surface area (Å²) in [6.07, 6.45) is 2.41. The minimum Gasteiger partial charge on any atom is -0.465 e. The number of carboxylic acid groups (broad SMARTS) is 1. The minimum absolute atomic E-state index is 0.00310. The number of benzene rings is 1. The lowest BCUT2D eigenvalue weighted by atomic mass is 9.95. The van der Waals surface area contributed by atoms with Gasteiger partial charge in [0.25, 0.3) is 0 Å². The van der Waals surface area contributed by atoms with Crippen molar-refractivity contribution in [2.24, 2.45) is 10.9 Å². The molecule has 4 N–H and O–H groups in total. The second-order valence-corrected chi connectivity index (χ2v) is 10.2. The molecule has 2 atom stereocenters. The summed E-state index contributed by atoms with van der Waals surface area (Å²) in [5, 5.41) is 21.0. The number of hydrogen-bond acceptors (Lipinski definition) is 8. The van der Waals surface area contributed by atoms with Gasteiger partial charge in [-0.15, -0.1) is 11.3 Å². The van der Waals surface area contributed by atoms with E-state index in [-0.39, 0.29) is 6.04 Å². The maximum Gasteiger partial charge on any atom is 0.407 e. The molecule has 0 saturated carbocycles. The lowest BCUT2D eigenvalue weighted by molar-refractivity contribution is 0.126. The van der Waals surface area contributed by atoms with Gasteiger partial charge in [-0.1, -0.05) is 12.1 Å². The highest BCUT2D eigenvalue weighted by Crippen LogP contribution is 2.35. The molecule has 0 bridgehead atoms. The number of amides is 1. The zero-order valence-corrected chi connectivity index (χ0v) is 20.5. The van der Waals surface area contributed by atoms with Gasteiger partial charge in [-0.25, -0.2) is 14.8 Å². The zero-order chi connectivity index (χ0) is 23.7. The Morgan fingerprint density at radius 3 is 2.85 bits per heavy atom. The van der Waals surface area contributed by atoms with Gasteiger partial charge < -0.3 is 30.7 Å². The third-order valence-electron chi connectivity index (χ3n) is 6.86. The number of likely N-dealkylation sites (tertiary alicyclic amines) is 1. The van der Waals surface area contributed by atoms with E-state index in [2.05, 4.69) is 28.9 Å². The average Bonchev–Trinajstić information content (AvgIpc) is 3.29. The summed E-state index contributed by atoms with van der Waals surface area (Å²) in [6, 6.07) is 6.16. The van der Waals surface area contributed by atoms with Crippen LogP contribution in [0.25, 0.3) is 15.8 Å². The lowest BCUT2D eigenvalue weighted by Crippen LogP contribution is -2.52. The third kappa shape index (κ3) is 4.62. The van der Waals surface area contributed by atoms with Crippen LogP contribution < -0.4 is 16.0 Å². The summed E-state index contributed by atoms with van der Waals surface area (Å²) in [5.41, 5.74) is 3.04. The number of amidine groups is 1. The number of ether oxygens (including phenoxy) is 1. The Morgan fingerprint density at radius 1 is 1.29 bits per heavy atom. The van der Waals surface area contributed by atoms with Gasteiger partial charge in [0, 0.05) is 32.2 Å². The van der Waals surface area contributed by atoms with Crippen molar-refractivity contribution in [2.45, 2.75) is 44.9 Å². The molecule has 5 rings (SSSR count). The molecule has 1 amide bonds. The van der Waals surface area contributed by atoms with Crippen molar-refractivity contribution in [1.82, 2.24) is 25.8 Å². The van der Waals surface area contributed by atoms with Crippen LogP contribution in [0.4, 0.5) is 4.79 Å². The second kappa shape index (κ2) is 9.89. The van der Waals surface area contributed by atoms with Crippen LogP contribution in [-0.4, -0.2) is 72.5 Å². The number of rotatable bonds is 5. The molecule has 2 aromatic rings. The predicted molar refractivity (Wildman–Crippen MR) is 134 cm³/mol. The van der Waals surface area contributed by atoms with Gasteiger partial charge in [-0.05, 0) is 57.3 Å². The highest BCUT2D eigenvalue weighted by Gasteiger charge is 2.33. The number of aryl methyl sites for hydroxylation is 1. The number of nitrogens with one attached hydrogen (secondary N) is 3. The van der Waals surface area contributed by atoms with Gasteiger partial charge in [0.15, 0.2) is 6.23 Å². The van der Waals surface area contributed by atoms with Crippen molar-refractivity contribution in [3.05, 3.63) is 34.6 Å². The van der Waals surface area contributed by atoms with Gasteiger partial charge in [-0.3, -0.25) is 0 Å². The van der Waals surface area contributed by atoms with E-state index >= 15 is 0 Å². The van der Waals surface area contributed by atoms with Crippen LogP contribution in [0.2, 0.25) is 0 Å². The highest BCUT2D eigenvalue weighted by atomic mass is 32.1. The fourth-order valence-corrected chi connectivity index (χ4v) is 6.11. The van der Waals surface area contributed by atoms with E-state index in [1.165, 1.54) is 10.5 Å². The molecule has 2 saturated heterocycles. The van der Waals surface area contributed by atoms with Crippen LogP contribution in [0.1, 0.15) is 36.3 Å². The van der Waals surface area contributed by atoms with Crippen molar-refractivity contribution in [1.29, 1.82) is 0 Å². The zero-order valence-electron chi connectivity index (χ0n) is 19.6. The van der Waals surface area contributed by atoms with E-state index in [9.17, 15) is 9.90 Å². The molecular weight excluding hydrogens is 452 g/mol. The molecule has 0 spiro atoms. The van der Waals surface area contributed by atoms with Gasteiger partial charge in [-0.2, -0.15) is 0 Å². The smallest absolute Gasteiger partial charge is 0.407 e. The van der Waals surface area contributed by atoms with Crippen LogP contribution in [0, 0.1) is 12.8 Å². The largest absolute Gasteiger partial charge is 0.465 e. The normalized spacial score (nSPS) is 24.2. The van der Waals surface area contributed by atoms with Crippen LogP contribution in [0.15, 0.2) is 29.0 Å². The van der Waals surface area contributed by atoms with E-state index < -0.39 is 12.3 Å². The van der Waals surface area contributed by atoms with E-state index in [1.807, 2.05) is 12.1 Å². The third-order valence-corrected chi connectivity index (χ3v) is 8.10. The molecule has 10 heteroatoms. The van der Waals surface area contributed by atoms with Crippen LogP contribution in [-0.2, 0) is 4.74 Å². The summed E-state index contributed by atoms with van der Waals surface area (Å²) < 4.78 is 7.06. The number of hydrogen-bond donors (Lipinski definition) is 4. The Balaban J connectivity index is 1.52. The standard InChI is InChI=1S/C24H32N6O3S/c1-14-5-3-7-17-19(14)34-23(27-17)18-21(26-16-6-4-12-30(13-16)24(31)32)28-20(29-22(18)33-2)15-8-10-25-11-9-15/h3,5,7,15-16,22,25-26H,4,6,8-13H2,1-2H3,(H,28,29)(H,31,32)/t16-,22?/m1/s1. The molecule has 34 heavy (non-hydrogen) atoms. The fraction of sp³-hybridized carbons (Fsp3) is 0.542. The minimum atomic E-state index is -0.870. The number of fused-ring (bicyclic) bond motifs is 1. The molecule has 1 aromatic carbocycles. The molecule has 1 unspecified atom stereocenters. The quantitative estimate of drug-likeness (QED) is 0.516. The van der Waals surface area contributed by atoms with E-state index in [0.29, 0.717) is 19.0 Å². The Morgan fingerprint density at radius 2 is 2.12 bits per heavy atom. The second-order valence-electron chi connectivity index (χ2n) is 9.19. The van der Waals surface area contributed by atoms with Gasteiger partial charge in [0.2, 0.25) is 0 Å². The summed E-state index contributed by atoms with van der Waals surface area (Å²) in [6.45, 7) is 5.06. The molecule has 4 heterocycles. The van der Waals surface area contributed by atoms with Crippen molar-refractivity contribution in [2.75, 3.05) is 33.3 Å². The molecule has 9 nitrogen and oxygen atoms in total. The number of nitrogens with zero attached hydrogens (tertiary/aromatic N) is 3. The highest BCUT2D eigenvalue weighted by molar-refractivity contribution is 7.19. The first-order chi connectivity index (χ1) is 16.5. The molecule has 1 aromatic heterocycles. The predicted octanol–water partition coefficient (Wildman–Crippen LogP) is 2.98. The Kier molecular flexibility index (Phi) is 6.71. The molecule has 3 aliphatic rings. The van der Waals surface area contributed by atoms with Crippen molar-refractivity contribution in [3.8, 4) is 0 Å². The molecule has 3 aliphatic heterocycles. The van der Waals surface area contributed by atoms with Crippen LogP contribution in [0.3, 0.4) is 0 Å². The van der Waals surface area contributed by atoms with Gasteiger partial charge >= 0.3 is 6.09 Å². The Hall–Kier alpha value is -2.69. The molecule has 2 fully saturated rings. The van der Waals surface area contributed by atoms with Crippen molar-refractivity contribution >= 4 is 39.1 Å². The fourth-order valence-electron chi connectivity index (χ4n) is 5.02. The van der Waals surface area contributed by atoms with Crippen molar-refractivity contribution < 1.29 is 14.6 Å². The number of aliphatic imine (C=N–C) groups is 1. The SMILES string of the molecule is COC1N=C(C2CCNCC2)NC(N[C@@H]2CCCN(C(=O)O)C2)=C1c1nc2cccc(C)c2s1. The summed E-state index contributed by atoms with van der Waals surface area (Å²) in [4.78, 5) is 23.0. The van der Waals surface area contributed by atoms with E-state index in [0.717, 1.165) is 71.2 Å². The monoisotopic (exact) mass is 484 g/mol. The Labute approximate surface area is 203 Å². The van der Waals surface area contributed by atoms with E-state index in [1.54, 1.807) is 18.4 Å². The van der Waals surface area contributed by atoms with Crippen LogP contribution >= 0.6 is 11.3 Å². The number of methoxy groups -OCH3 is 1.